The molecule has 2 aromatic rings. The molecule has 144 valence electrons. The summed E-state index contributed by atoms with van der Waals surface area (Å²) >= 11 is 6.05. The van der Waals surface area contributed by atoms with E-state index in [0.717, 1.165) is 5.56 Å². The Morgan fingerprint density at radius 1 is 1.04 bits per heavy atom. The first kappa shape index (κ1) is 20.9. The molecule has 0 aliphatic rings. The smallest absolute Gasteiger partial charge is 0.275 e. The van der Waals surface area contributed by atoms with Crippen molar-refractivity contribution < 1.29 is 14.9 Å². The lowest BCUT2D eigenvalue weighted by atomic mass is 9.96. The quantitative estimate of drug-likeness (QED) is 0.650. The maximum atomic E-state index is 12.1. The van der Waals surface area contributed by atoms with Gasteiger partial charge >= 0.3 is 0 Å². The molecule has 0 aromatic heterocycles. The first-order chi connectivity index (χ1) is 12.9. The maximum Gasteiger partial charge on any atom is 0.275 e. The van der Waals surface area contributed by atoms with Crippen LogP contribution in [0.25, 0.3) is 0 Å². The molecule has 2 rings (SSSR count). The Bertz CT molecular complexity index is 778. The number of hydrogen-bond donors (Lipinski definition) is 3. The van der Waals surface area contributed by atoms with Gasteiger partial charge in [-0.1, -0.05) is 61.8 Å². The van der Waals surface area contributed by atoms with E-state index in [1.165, 1.54) is 5.56 Å². The van der Waals surface area contributed by atoms with Crippen LogP contribution in [0.5, 0.6) is 0 Å². The predicted octanol–water partition coefficient (Wildman–Crippen LogP) is 2.66. The molecule has 1 atom stereocenters. The van der Waals surface area contributed by atoms with Gasteiger partial charge < -0.3 is 16.0 Å². The molecule has 2 aromatic carbocycles. The minimum Gasteiger partial charge on any atom is -0.342 e. The van der Waals surface area contributed by atoms with Crippen LogP contribution >= 0.6 is 11.6 Å². The summed E-state index contributed by atoms with van der Waals surface area (Å²) in [6.07, 6.45) is 0. The molecule has 0 heterocycles. The highest BCUT2D eigenvalue weighted by molar-refractivity contribution is 6.31. The van der Waals surface area contributed by atoms with Crippen LogP contribution in [0.15, 0.2) is 48.5 Å². The maximum absolute atomic E-state index is 12.1. The van der Waals surface area contributed by atoms with Gasteiger partial charge in [0.25, 0.3) is 5.91 Å². The molecule has 4 N–H and O–H groups in total. The lowest BCUT2D eigenvalue weighted by Gasteiger charge is -2.19. The Morgan fingerprint density at radius 3 is 2.41 bits per heavy atom. The Labute approximate surface area is 165 Å². The highest BCUT2D eigenvalue weighted by atomic mass is 35.5. The van der Waals surface area contributed by atoms with Gasteiger partial charge in [0.15, 0.2) is 6.54 Å². The summed E-state index contributed by atoms with van der Waals surface area (Å²) in [6, 6.07) is 15.6. The van der Waals surface area contributed by atoms with Crippen LogP contribution in [0.1, 0.15) is 31.0 Å². The number of benzene rings is 2. The van der Waals surface area contributed by atoms with Crippen molar-refractivity contribution >= 4 is 29.1 Å². The first-order valence-corrected chi connectivity index (χ1v) is 9.46. The highest BCUT2D eigenvalue weighted by Crippen LogP contribution is 2.22. The van der Waals surface area contributed by atoms with E-state index in [1.54, 1.807) is 18.2 Å². The van der Waals surface area contributed by atoms with E-state index < -0.39 is 0 Å². The Hall–Kier alpha value is -2.37. The van der Waals surface area contributed by atoms with Crippen LogP contribution in [0.3, 0.4) is 0 Å². The second-order valence-corrected chi connectivity index (χ2v) is 7.26. The number of nitrogens with two attached hydrogens (primary N) is 1. The van der Waals surface area contributed by atoms with Gasteiger partial charge in [-0.15, -0.1) is 0 Å². The average molecular weight is 389 g/mol. The second kappa shape index (κ2) is 10.1. The summed E-state index contributed by atoms with van der Waals surface area (Å²) < 4.78 is 0. The van der Waals surface area contributed by atoms with E-state index in [2.05, 4.69) is 36.6 Å². The zero-order chi connectivity index (χ0) is 19.8. The molecule has 0 unspecified atom stereocenters. The number of halogens is 1. The zero-order valence-corrected chi connectivity index (χ0v) is 16.7. The van der Waals surface area contributed by atoms with Gasteiger partial charge in [-0.3, -0.25) is 9.59 Å². The predicted molar refractivity (Wildman–Crippen MR) is 109 cm³/mol. The molecule has 0 aliphatic heterocycles. The van der Waals surface area contributed by atoms with Crippen molar-refractivity contribution in [3.05, 3.63) is 64.7 Å². The van der Waals surface area contributed by atoms with Crippen molar-refractivity contribution in [2.24, 2.45) is 5.92 Å². The number of carbonyl (C=O) groups excluding carboxylic acids is 2. The van der Waals surface area contributed by atoms with Crippen LogP contribution in [0.4, 0.5) is 5.69 Å². The number of quaternary nitrogens is 1. The van der Waals surface area contributed by atoms with Gasteiger partial charge in [-0.25, -0.2) is 0 Å². The number of amides is 2. The van der Waals surface area contributed by atoms with Gasteiger partial charge in [-0.05, 0) is 24.6 Å². The lowest BCUT2D eigenvalue weighted by Crippen LogP contribution is -2.88. The Morgan fingerprint density at radius 2 is 1.74 bits per heavy atom. The first-order valence-electron chi connectivity index (χ1n) is 9.08. The highest BCUT2D eigenvalue weighted by Gasteiger charge is 2.20. The van der Waals surface area contributed by atoms with Crippen molar-refractivity contribution in [1.29, 1.82) is 0 Å². The van der Waals surface area contributed by atoms with E-state index in [0.29, 0.717) is 16.6 Å². The third-order valence-electron chi connectivity index (χ3n) is 4.45. The van der Waals surface area contributed by atoms with Gasteiger partial charge in [0.2, 0.25) is 5.91 Å². The van der Waals surface area contributed by atoms with Gasteiger partial charge in [0, 0.05) is 22.2 Å². The third kappa shape index (κ3) is 6.38. The second-order valence-electron chi connectivity index (χ2n) is 6.86. The fourth-order valence-electron chi connectivity index (χ4n) is 2.89. The minimum atomic E-state index is -0.280. The summed E-state index contributed by atoms with van der Waals surface area (Å²) in [5, 5.41) is 8.03. The fraction of sp³-hybridized carbons (Fsp3) is 0.333. The molecule has 27 heavy (non-hydrogen) atoms. The van der Waals surface area contributed by atoms with E-state index in [1.807, 2.05) is 30.4 Å². The molecular formula is C21H27ClN3O2+. The van der Waals surface area contributed by atoms with Gasteiger partial charge in [-0.2, -0.15) is 0 Å². The number of rotatable bonds is 8. The fourth-order valence-corrected chi connectivity index (χ4v) is 3.07. The molecule has 0 aliphatic carbocycles. The third-order valence-corrected chi connectivity index (χ3v) is 4.86. The van der Waals surface area contributed by atoms with E-state index in [9.17, 15) is 9.59 Å². The molecule has 0 bridgehead atoms. The van der Waals surface area contributed by atoms with E-state index in [-0.39, 0.29) is 30.9 Å². The summed E-state index contributed by atoms with van der Waals surface area (Å²) in [4.78, 5) is 24.2. The molecular weight excluding hydrogens is 362 g/mol. The van der Waals surface area contributed by atoms with Crippen LogP contribution in [0.2, 0.25) is 5.02 Å². The van der Waals surface area contributed by atoms with Crippen molar-refractivity contribution in [2.45, 2.75) is 26.8 Å². The molecule has 0 spiro atoms. The van der Waals surface area contributed by atoms with Crippen molar-refractivity contribution in [1.82, 2.24) is 5.32 Å². The Kier molecular flexibility index (Phi) is 7.82. The van der Waals surface area contributed by atoms with Crippen molar-refractivity contribution in [3.8, 4) is 0 Å². The van der Waals surface area contributed by atoms with Crippen molar-refractivity contribution in [3.63, 3.8) is 0 Å². The lowest BCUT2D eigenvalue weighted by molar-refractivity contribution is -0.692. The topological polar surface area (TPSA) is 74.8 Å². The van der Waals surface area contributed by atoms with Crippen LogP contribution in [-0.2, 0) is 9.59 Å². The summed E-state index contributed by atoms with van der Waals surface area (Å²) in [5.41, 5.74) is 2.64. The summed E-state index contributed by atoms with van der Waals surface area (Å²) in [5.74, 6) is -0.0685. The normalized spacial score (nSPS) is 11.9. The van der Waals surface area contributed by atoms with Gasteiger partial charge in [0.1, 0.15) is 6.04 Å². The van der Waals surface area contributed by atoms with Gasteiger partial charge in [0.05, 0.1) is 6.54 Å². The number of anilines is 1. The molecule has 2 amide bonds. The monoisotopic (exact) mass is 388 g/mol. The van der Waals surface area contributed by atoms with E-state index >= 15 is 0 Å². The van der Waals surface area contributed by atoms with Crippen LogP contribution in [-0.4, -0.2) is 24.9 Å². The number of hydrogen-bond acceptors (Lipinski definition) is 2. The Balaban J connectivity index is 1.81. The van der Waals surface area contributed by atoms with Crippen molar-refractivity contribution in [2.75, 3.05) is 18.4 Å². The molecule has 6 heteroatoms. The molecule has 0 saturated heterocycles. The average Bonchev–Trinajstić information content (AvgIpc) is 2.64. The molecule has 5 nitrogen and oxygen atoms in total. The molecule has 0 radical (unpaired) electrons. The number of carbonyl (C=O) groups is 2. The summed E-state index contributed by atoms with van der Waals surface area (Å²) in [6.45, 7) is 6.29. The molecule has 0 fully saturated rings. The van der Waals surface area contributed by atoms with Crippen LogP contribution < -0.4 is 16.0 Å². The summed E-state index contributed by atoms with van der Waals surface area (Å²) in [7, 11) is 0. The largest absolute Gasteiger partial charge is 0.342 e. The minimum absolute atomic E-state index is 0.0731. The zero-order valence-electron chi connectivity index (χ0n) is 16.0. The SMILES string of the molecule is Cc1c(Cl)cccc1NC(=O)CNC(=O)C[NH2+][C@@H](c1ccccc1)C(C)C. The van der Waals surface area contributed by atoms with Crippen LogP contribution in [0, 0.1) is 12.8 Å². The number of nitrogens with one attached hydrogen (secondary N) is 2. The molecule has 0 saturated carbocycles. The standard InChI is InChI=1S/C21H26ClN3O2/c1-14(2)21(16-8-5-4-6-9-16)24-12-19(26)23-13-20(27)25-18-11-7-10-17(22)15(18)3/h4-11,14,21,24H,12-13H2,1-3H3,(H,23,26)(H,25,27)/p+1/t21-/m1/s1. The van der Waals surface area contributed by atoms with E-state index in [4.69, 9.17) is 11.6 Å².